The minimum atomic E-state index is -1.05. The molecule has 0 bridgehead atoms. The molecule has 0 saturated heterocycles. The number of anilines is 1. The van der Waals surface area contributed by atoms with Crippen LogP contribution in [0.15, 0.2) is 6.07 Å². The molecule has 23 heavy (non-hydrogen) atoms. The van der Waals surface area contributed by atoms with E-state index in [1.807, 2.05) is 13.8 Å². The summed E-state index contributed by atoms with van der Waals surface area (Å²) < 4.78 is 0. The molecule has 1 atom stereocenters. The second kappa shape index (κ2) is 8.67. The van der Waals surface area contributed by atoms with Crippen molar-refractivity contribution in [1.82, 2.24) is 5.32 Å². The topological polar surface area (TPSA) is 95.5 Å². The summed E-state index contributed by atoms with van der Waals surface area (Å²) in [6.07, 6.45) is 1.96. The molecule has 0 aliphatic carbocycles. The molecule has 3 N–H and O–H groups in total. The Kier molecular flexibility index (Phi) is 7.22. The van der Waals surface area contributed by atoms with Crippen molar-refractivity contribution in [2.75, 3.05) is 5.32 Å². The minimum absolute atomic E-state index is 0.179. The number of hydrogen-bond acceptors (Lipinski definition) is 4. The SMILES string of the molecule is CCCCC(NC(=O)c1cc(C)sc1NC(=O)C(C)C)C(=O)O. The number of thiophene rings is 1. The molecule has 128 valence electrons. The third-order valence-corrected chi connectivity index (χ3v) is 4.28. The number of aryl methyl sites for hydroxylation is 1. The molecule has 7 heteroatoms. The molecule has 1 rings (SSSR count). The molecule has 0 spiro atoms. The van der Waals surface area contributed by atoms with Crippen LogP contribution in [0.2, 0.25) is 0 Å². The van der Waals surface area contributed by atoms with Crippen LogP contribution in [0.5, 0.6) is 0 Å². The fourth-order valence-corrected chi connectivity index (χ4v) is 2.85. The minimum Gasteiger partial charge on any atom is -0.480 e. The Bertz CT molecular complexity index is 581. The zero-order valence-electron chi connectivity index (χ0n) is 13.9. The average molecular weight is 340 g/mol. The highest BCUT2D eigenvalue weighted by molar-refractivity contribution is 7.16. The highest BCUT2D eigenvalue weighted by Crippen LogP contribution is 2.28. The molecule has 0 aromatic carbocycles. The molecule has 0 radical (unpaired) electrons. The van der Waals surface area contributed by atoms with Crippen molar-refractivity contribution in [2.24, 2.45) is 5.92 Å². The van der Waals surface area contributed by atoms with E-state index in [1.54, 1.807) is 19.9 Å². The van der Waals surface area contributed by atoms with Crippen molar-refractivity contribution in [3.8, 4) is 0 Å². The molecule has 0 saturated carbocycles. The Morgan fingerprint density at radius 3 is 2.48 bits per heavy atom. The summed E-state index contributed by atoms with van der Waals surface area (Å²) in [5.74, 6) is -1.91. The zero-order valence-corrected chi connectivity index (χ0v) is 14.8. The number of carbonyl (C=O) groups is 3. The maximum Gasteiger partial charge on any atom is 0.326 e. The molecule has 0 fully saturated rings. The quantitative estimate of drug-likeness (QED) is 0.678. The van der Waals surface area contributed by atoms with E-state index in [-0.39, 0.29) is 11.8 Å². The summed E-state index contributed by atoms with van der Waals surface area (Å²) in [6, 6.07) is 0.741. The number of carbonyl (C=O) groups excluding carboxylic acids is 2. The molecule has 0 aliphatic rings. The smallest absolute Gasteiger partial charge is 0.326 e. The maximum absolute atomic E-state index is 12.4. The summed E-state index contributed by atoms with van der Waals surface area (Å²) in [6.45, 7) is 7.32. The van der Waals surface area contributed by atoms with E-state index in [1.165, 1.54) is 11.3 Å². The lowest BCUT2D eigenvalue weighted by atomic mass is 10.1. The summed E-state index contributed by atoms with van der Waals surface area (Å²) in [5.41, 5.74) is 0.309. The van der Waals surface area contributed by atoms with E-state index in [0.717, 1.165) is 17.7 Å². The van der Waals surface area contributed by atoms with Gasteiger partial charge in [0.2, 0.25) is 5.91 Å². The summed E-state index contributed by atoms with van der Waals surface area (Å²) in [4.78, 5) is 36.3. The fourth-order valence-electron chi connectivity index (χ4n) is 1.93. The Labute approximate surface area is 140 Å². The van der Waals surface area contributed by atoms with E-state index < -0.39 is 17.9 Å². The standard InChI is InChI=1S/C16H24N2O4S/c1-5-6-7-12(16(21)22)17-14(20)11-8-10(4)23-15(11)18-13(19)9(2)3/h8-9,12H,5-7H2,1-4H3,(H,17,20)(H,18,19)(H,21,22). The van der Waals surface area contributed by atoms with Crippen molar-refractivity contribution in [1.29, 1.82) is 0 Å². The van der Waals surface area contributed by atoms with Gasteiger partial charge in [-0.15, -0.1) is 11.3 Å². The molecule has 1 aromatic heterocycles. The molecule has 6 nitrogen and oxygen atoms in total. The number of carboxylic acids is 1. The summed E-state index contributed by atoms with van der Waals surface area (Å²) >= 11 is 1.30. The van der Waals surface area contributed by atoms with Crippen LogP contribution in [0.4, 0.5) is 5.00 Å². The van der Waals surface area contributed by atoms with Crippen LogP contribution in [-0.4, -0.2) is 28.9 Å². The van der Waals surface area contributed by atoms with Gasteiger partial charge < -0.3 is 15.7 Å². The van der Waals surface area contributed by atoms with E-state index in [0.29, 0.717) is 17.0 Å². The third-order valence-electron chi connectivity index (χ3n) is 3.31. The maximum atomic E-state index is 12.4. The lowest BCUT2D eigenvalue weighted by molar-refractivity contribution is -0.139. The Balaban J connectivity index is 2.90. The van der Waals surface area contributed by atoms with Crippen molar-refractivity contribution >= 4 is 34.1 Å². The second-order valence-corrected chi connectivity index (χ2v) is 7.01. The first-order valence-corrected chi connectivity index (χ1v) is 8.52. The molecule has 0 aliphatic heterocycles. The van der Waals surface area contributed by atoms with Gasteiger partial charge in [0.15, 0.2) is 0 Å². The van der Waals surface area contributed by atoms with Crippen LogP contribution in [0, 0.1) is 12.8 Å². The number of amides is 2. The second-order valence-electron chi connectivity index (χ2n) is 5.75. The molecule has 1 heterocycles. The van der Waals surface area contributed by atoms with Crippen LogP contribution >= 0.6 is 11.3 Å². The Hall–Kier alpha value is -1.89. The van der Waals surface area contributed by atoms with Gasteiger partial charge in [0.1, 0.15) is 11.0 Å². The zero-order chi connectivity index (χ0) is 17.6. The average Bonchev–Trinajstić information content (AvgIpc) is 2.83. The van der Waals surface area contributed by atoms with Gasteiger partial charge in [0.25, 0.3) is 5.91 Å². The van der Waals surface area contributed by atoms with Crippen molar-refractivity contribution < 1.29 is 19.5 Å². The van der Waals surface area contributed by atoms with Crippen molar-refractivity contribution in [3.05, 3.63) is 16.5 Å². The number of carboxylic acid groups (broad SMARTS) is 1. The van der Waals surface area contributed by atoms with Crippen LogP contribution < -0.4 is 10.6 Å². The molecular weight excluding hydrogens is 316 g/mol. The highest BCUT2D eigenvalue weighted by Gasteiger charge is 2.23. The molecule has 1 unspecified atom stereocenters. The highest BCUT2D eigenvalue weighted by atomic mass is 32.1. The van der Waals surface area contributed by atoms with Gasteiger partial charge in [0.05, 0.1) is 5.56 Å². The van der Waals surface area contributed by atoms with Gasteiger partial charge in [-0.25, -0.2) is 4.79 Å². The number of rotatable bonds is 8. The van der Waals surface area contributed by atoms with E-state index in [2.05, 4.69) is 10.6 Å². The van der Waals surface area contributed by atoms with Crippen LogP contribution in [0.3, 0.4) is 0 Å². The first-order valence-electron chi connectivity index (χ1n) is 7.71. The first-order chi connectivity index (χ1) is 10.8. The lowest BCUT2D eigenvalue weighted by Gasteiger charge is -2.14. The number of nitrogens with one attached hydrogen (secondary N) is 2. The predicted octanol–water partition coefficient (Wildman–Crippen LogP) is 3.02. The van der Waals surface area contributed by atoms with Gasteiger partial charge >= 0.3 is 5.97 Å². The van der Waals surface area contributed by atoms with Gasteiger partial charge in [-0.2, -0.15) is 0 Å². The largest absolute Gasteiger partial charge is 0.480 e. The number of aliphatic carboxylic acids is 1. The molecule has 2 amide bonds. The van der Waals surface area contributed by atoms with E-state index in [4.69, 9.17) is 0 Å². The van der Waals surface area contributed by atoms with Crippen LogP contribution in [-0.2, 0) is 9.59 Å². The fraction of sp³-hybridized carbons (Fsp3) is 0.562. The predicted molar refractivity (Wildman–Crippen MR) is 90.9 cm³/mol. The van der Waals surface area contributed by atoms with Gasteiger partial charge in [0, 0.05) is 10.8 Å². The summed E-state index contributed by atoms with van der Waals surface area (Å²) in [7, 11) is 0. The van der Waals surface area contributed by atoms with Crippen molar-refractivity contribution in [2.45, 2.75) is 53.0 Å². The third kappa shape index (κ3) is 5.67. The molecule has 1 aromatic rings. The van der Waals surface area contributed by atoms with Crippen molar-refractivity contribution in [3.63, 3.8) is 0 Å². The first kappa shape index (κ1) is 19.2. The monoisotopic (exact) mass is 340 g/mol. The number of unbranched alkanes of at least 4 members (excludes halogenated alkanes) is 1. The van der Waals surface area contributed by atoms with E-state index in [9.17, 15) is 19.5 Å². The van der Waals surface area contributed by atoms with E-state index >= 15 is 0 Å². The van der Waals surface area contributed by atoms with Gasteiger partial charge in [-0.1, -0.05) is 33.6 Å². The lowest BCUT2D eigenvalue weighted by Crippen LogP contribution is -2.40. The van der Waals surface area contributed by atoms with Gasteiger partial charge in [-0.3, -0.25) is 9.59 Å². The number of hydrogen-bond donors (Lipinski definition) is 3. The Morgan fingerprint density at radius 2 is 1.96 bits per heavy atom. The van der Waals surface area contributed by atoms with Crippen LogP contribution in [0.25, 0.3) is 0 Å². The van der Waals surface area contributed by atoms with Crippen LogP contribution in [0.1, 0.15) is 55.3 Å². The normalized spacial score (nSPS) is 12.0. The molecular formula is C16H24N2O4S. The summed E-state index contributed by atoms with van der Waals surface area (Å²) in [5, 5.41) is 14.9. The Morgan fingerprint density at radius 1 is 1.30 bits per heavy atom. The van der Waals surface area contributed by atoms with Gasteiger partial charge in [-0.05, 0) is 19.4 Å².